The monoisotopic (exact) mass is 351 g/mol. The molecule has 0 atom stereocenters. The quantitative estimate of drug-likeness (QED) is 0.454. The minimum atomic E-state index is -4.64. The summed E-state index contributed by atoms with van der Waals surface area (Å²) in [6, 6.07) is 21.6. The molecule has 0 heterocycles. The van der Waals surface area contributed by atoms with Gasteiger partial charge in [0.05, 0.1) is 0 Å². The largest absolute Gasteiger partial charge is 0.466 e. The number of hydrogen-bond acceptors (Lipinski definition) is 2. The molecule has 24 heavy (non-hydrogen) atoms. The SMILES string of the molecule is CCCNCCC(c1ccccc1)c1ccccc1.O=P(O)(O)O. The van der Waals surface area contributed by atoms with Gasteiger partial charge in [-0.1, -0.05) is 67.6 Å². The number of benzene rings is 2. The lowest BCUT2D eigenvalue weighted by Gasteiger charge is -2.18. The lowest BCUT2D eigenvalue weighted by atomic mass is 9.88. The molecule has 0 saturated heterocycles. The first kappa shape index (κ1) is 20.6. The molecule has 0 fully saturated rings. The van der Waals surface area contributed by atoms with E-state index in [1.807, 2.05) is 0 Å². The highest BCUT2D eigenvalue weighted by Crippen LogP contribution is 2.27. The molecule has 2 aromatic carbocycles. The Balaban J connectivity index is 0.000000505. The second-order valence-electron chi connectivity index (χ2n) is 5.43. The average Bonchev–Trinajstić information content (AvgIpc) is 2.55. The van der Waals surface area contributed by atoms with Crippen LogP contribution in [0.5, 0.6) is 0 Å². The van der Waals surface area contributed by atoms with Crippen molar-refractivity contribution in [2.75, 3.05) is 13.1 Å². The summed E-state index contributed by atoms with van der Waals surface area (Å²) in [5, 5.41) is 3.51. The summed E-state index contributed by atoms with van der Waals surface area (Å²) in [5.41, 5.74) is 2.82. The van der Waals surface area contributed by atoms with E-state index in [1.165, 1.54) is 17.5 Å². The Morgan fingerprint density at radius 3 is 1.67 bits per heavy atom. The number of rotatable bonds is 7. The van der Waals surface area contributed by atoms with Gasteiger partial charge in [0.2, 0.25) is 0 Å². The van der Waals surface area contributed by atoms with E-state index >= 15 is 0 Å². The zero-order valence-electron chi connectivity index (χ0n) is 13.9. The average molecular weight is 351 g/mol. The summed E-state index contributed by atoms with van der Waals surface area (Å²) in [6.07, 6.45) is 2.34. The second-order valence-corrected chi connectivity index (χ2v) is 6.45. The highest BCUT2D eigenvalue weighted by Gasteiger charge is 2.12. The molecule has 0 aliphatic rings. The van der Waals surface area contributed by atoms with Crippen LogP contribution in [-0.4, -0.2) is 27.8 Å². The van der Waals surface area contributed by atoms with Crippen LogP contribution in [0, 0.1) is 0 Å². The van der Waals surface area contributed by atoms with Gasteiger partial charge in [0, 0.05) is 5.92 Å². The maximum Gasteiger partial charge on any atom is 0.466 e. The van der Waals surface area contributed by atoms with Crippen molar-refractivity contribution < 1.29 is 19.2 Å². The zero-order valence-corrected chi connectivity index (χ0v) is 14.8. The van der Waals surface area contributed by atoms with E-state index < -0.39 is 7.82 Å². The van der Waals surface area contributed by atoms with Gasteiger partial charge in [0.1, 0.15) is 0 Å². The number of nitrogens with one attached hydrogen (secondary N) is 1. The van der Waals surface area contributed by atoms with Crippen LogP contribution in [0.15, 0.2) is 60.7 Å². The number of phosphoric acid groups is 1. The van der Waals surface area contributed by atoms with Gasteiger partial charge in [0.15, 0.2) is 0 Å². The maximum atomic E-state index is 8.88. The Morgan fingerprint density at radius 1 is 0.875 bits per heavy atom. The summed E-state index contributed by atoms with van der Waals surface area (Å²) in [4.78, 5) is 21.6. The van der Waals surface area contributed by atoms with Gasteiger partial charge >= 0.3 is 7.82 Å². The van der Waals surface area contributed by atoms with Gasteiger partial charge in [-0.15, -0.1) is 0 Å². The highest BCUT2D eigenvalue weighted by molar-refractivity contribution is 7.45. The van der Waals surface area contributed by atoms with Crippen LogP contribution in [0.25, 0.3) is 0 Å². The molecule has 2 aromatic rings. The van der Waals surface area contributed by atoms with Crippen molar-refractivity contribution in [3.63, 3.8) is 0 Å². The molecule has 0 amide bonds. The Morgan fingerprint density at radius 2 is 1.29 bits per heavy atom. The standard InChI is InChI=1S/C18H23N.H3O4P/c1-2-14-19-15-13-18(16-9-5-3-6-10-16)17-11-7-4-8-12-17;1-5(2,3)4/h3-12,18-19H,2,13-15H2,1H3;(H3,1,2,3,4). The van der Waals surface area contributed by atoms with E-state index in [1.54, 1.807) is 0 Å². The third-order valence-corrected chi connectivity index (χ3v) is 3.44. The molecule has 0 unspecified atom stereocenters. The molecule has 0 saturated carbocycles. The minimum Gasteiger partial charge on any atom is -0.317 e. The van der Waals surface area contributed by atoms with E-state index in [-0.39, 0.29) is 0 Å². The third-order valence-electron chi connectivity index (χ3n) is 3.44. The summed E-state index contributed by atoms with van der Waals surface area (Å²) >= 11 is 0. The van der Waals surface area contributed by atoms with E-state index in [2.05, 4.69) is 72.9 Å². The molecular weight excluding hydrogens is 325 g/mol. The molecule has 0 bridgehead atoms. The molecular formula is C18H26NO4P. The fourth-order valence-corrected chi connectivity index (χ4v) is 2.44. The lowest BCUT2D eigenvalue weighted by molar-refractivity contribution is 0.275. The van der Waals surface area contributed by atoms with Crippen LogP contribution in [-0.2, 0) is 4.57 Å². The Kier molecular flexibility index (Phi) is 9.53. The Bertz CT molecular complexity index is 553. The summed E-state index contributed by atoms with van der Waals surface area (Å²) in [6.45, 7) is 4.39. The molecule has 0 aromatic heterocycles. The number of hydrogen-bond donors (Lipinski definition) is 4. The molecule has 6 heteroatoms. The first-order chi connectivity index (χ1) is 11.4. The summed E-state index contributed by atoms with van der Waals surface area (Å²) in [7, 11) is -4.64. The van der Waals surface area contributed by atoms with Crippen molar-refractivity contribution in [1.82, 2.24) is 5.32 Å². The van der Waals surface area contributed by atoms with Gasteiger partial charge in [-0.3, -0.25) is 0 Å². The topological polar surface area (TPSA) is 89.8 Å². The van der Waals surface area contributed by atoms with Gasteiger partial charge in [-0.25, -0.2) is 4.57 Å². The van der Waals surface area contributed by atoms with E-state index in [9.17, 15) is 0 Å². The van der Waals surface area contributed by atoms with E-state index in [0.29, 0.717) is 5.92 Å². The fourth-order valence-electron chi connectivity index (χ4n) is 2.44. The molecule has 5 nitrogen and oxygen atoms in total. The molecule has 0 spiro atoms. The van der Waals surface area contributed by atoms with Crippen molar-refractivity contribution in [2.24, 2.45) is 0 Å². The highest BCUT2D eigenvalue weighted by atomic mass is 31.2. The van der Waals surface area contributed by atoms with Crippen molar-refractivity contribution in [2.45, 2.75) is 25.7 Å². The van der Waals surface area contributed by atoms with Crippen molar-refractivity contribution in [1.29, 1.82) is 0 Å². The molecule has 2 rings (SSSR count). The van der Waals surface area contributed by atoms with Crippen LogP contribution in [0.3, 0.4) is 0 Å². The zero-order chi connectivity index (χ0) is 17.8. The van der Waals surface area contributed by atoms with Crippen molar-refractivity contribution >= 4 is 7.82 Å². The van der Waals surface area contributed by atoms with E-state index in [0.717, 1.165) is 19.5 Å². The molecule has 0 aliphatic carbocycles. The third kappa shape index (κ3) is 9.60. The Labute approximate surface area is 143 Å². The van der Waals surface area contributed by atoms with Gasteiger partial charge in [0.25, 0.3) is 0 Å². The van der Waals surface area contributed by atoms with Crippen LogP contribution in [0.1, 0.15) is 36.8 Å². The lowest BCUT2D eigenvalue weighted by Crippen LogP contribution is -2.18. The molecule has 4 N–H and O–H groups in total. The minimum absolute atomic E-state index is 0.492. The Hall–Kier alpha value is -1.49. The molecule has 0 aliphatic heterocycles. The van der Waals surface area contributed by atoms with Gasteiger partial charge in [-0.2, -0.15) is 0 Å². The van der Waals surface area contributed by atoms with Crippen molar-refractivity contribution in [3.8, 4) is 0 Å². The predicted molar refractivity (Wildman–Crippen MR) is 96.8 cm³/mol. The molecule has 0 radical (unpaired) electrons. The van der Waals surface area contributed by atoms with Crippen molar-refractivity contribution in [3.05, 3.63) is 71.8 Å². The van der Waals surface area contributed by atoms with Gasteiger partial charge in [-0.05, 0) is 37.1 Å². The summed E-state index contributed by atoms with van der Waals surface area (Å²) < 4.78 is 8.88. The summed E-state index contributed by atoms with van der Waals surface area (Å²) in [5.74, 6) is 0.492. The van der Waals surface area contributed by atoms with E-state index in [4.69, 9.17) is 19.2 Å². The van der Waals surface area contributed by atoms with Crippen LogP contribution >= 0.6 is 7.82 Å². The predicted octanol–water partition coefficient (Wildman–Crippen LogP) is 3.28. The van der Waals surface area contributed by atoms with Gasteiger partial charge < -0.3 is 20.0 Å². The fraction of sp³-hybridized carbons (Fsp3) is 0.333. The smallest absolute Gasteiger partial charge is 0.317 e. The molecule has 132 valence electrons. The van der Waals surface area contributed by atoms with Crippen LogP contribution in [0.4, 0.5) is 0 Å². The first-order valence-corrected chi connectivity index (χ1v) is 9.57. The van der Waals surface area contributed by atoms with Crippen LogP contribution < -0.4 is 5.32 Å². The maximum absolute atomic E-state index is 8.88. The van der Waals surface area contributed by atoms with Crippen LogP contribution in [0.2, 0.25) is 0 Å². The first-order valence-electron chi connectivity index (χ1n) is 8.00. The second kappa shape index (κ2) is 11.1. The normalized spacial score (nSPS) is 11.0.